The molecule has 1 aliphatic heterocycles. The Morgan fingerprint density at radius 2 is 1.37 bits per heavy atom. The second kappa shape index (κ2) is 11.4. The monoisotopic (exact) mass is 673 g/mol. The molecule has 0 atom stereocenters. The molecular formula is C46H35N5O. The smallest absolute Gasteiger partial charge is 0.145 e. The van der Waals surface area contributed by atoms with Gasteiger partial charge in [-0.3, -0.25) is 4.57 Å². The first-order valence-electron chi connectivity index (χ1n) is 17.6. The van der Waals surface area contributed by atoms with Crippen molar-refractivity contribution in [1.82, 2.24) is 19.1 Å². The number of fused-ring (bicyclic) bond motifs is 7. The summed E-state index contributed by atoms with van der Waals surface area (Å²) in [5, 5.41) is 2.28. The normalized spacial score (nSPS) is 13.4. The Kier molecular flexibility index (Phi) is 6.64. The van der Waals surface area contributed by atoms with Crippen LogP contribution >= 0.6 is 0 Å². The maximum atomic E-state index is 6.57. The number of benzene rings is 6. The quantitative estimate of drug-likeness (QED) is 0.182. The zero-order valence-electron chi connectivity index (χ0n) is 29.2. The molecule has 6 nitrogen and oxygen atoms in total. The van der Waals surface area contributed by atoms with Crippen LogP contribution in [0.3, 0.4) is 0 Å². The highest BCUT2D eigenvalue weighted by Crippen LogP contribution is 2.55. The Bertz CT molecular complexity index is 2830. The molecule has 0 aliphatic carbocycles. The zero-order chi connectivity index (χ0) is 35.0. The minimum atomic E-state index is -0.216. The van der Waals surface area contributed by atoms with E-state index in [0.717, 1.165) is 61.8 Å². The molecule has 4 heterocycles. The largest absolute Gasteiger partial charge is 0.457 e. The summed E-state index contributed by atoms with van der Waals surface area (Å²) in [6.45, 7) is 4.67. The van der Waals surface area contributed by atoms with Crippen molar-refractivity contribution in [2.24, 2.45) is 7.05 Å². The van der Waals surface area contributed by atoms with Crippen LogP contribution in [0, 0.1) is 0 Å². The second-order valence-corrected chi connectivity index (χ2v) is 14.0. The van der Waals surface area contributed by atoms with Crippen molar-refractivity contribution >= 4 is 50.0 Å². The molecule has 250 valence electrons. The van der Waals surface area contributed by atoms with Gasteiger partial charge in [0.05, 0.1) is 33.6 Å². The number of pyridine rings is 1. The van der Waals surface area contributed by atoms with Crippen LogP contribution in [0.5, 0.6) is 11.5 Å². The molecule has 6 aromatic carbocycles. The molecule has 6 heteroatoms. The molecule has 0 unspecified atom stereocenters. The average Bonchev–Trinajstić information content (AvgIpc) is 3.70. The van der Waals surface area contributed by atoms with Crippen LogP contribution in [0.15, 0.2) is 158 Å². The first-order chi connectivity index (χ1) is 25.5. The van der Waals surface area contributed by atoms with Crippen LogP contribution in [0.1, 0.15) is 25.0 Å². The summed E-state index contributed by atoms with van der Waals surface area (Å²) >= 11 is 0. The standard InChI is InChI=1S/C46H35N5O/c1-46(2)36-21-7-9-23-39(36)50(31-15-5-4-6-16-31)43-37(46)25-26-41-42(43)35-20-13-27-47-45(35)51(41)32-17-12-19-34(29-32)52-33-18-11-14-30(28-33)44-48-38-22-8-10-24-40(38)49(44)3/h4-29H,1-3H3. The van der Waals surface area contributed by atoms with Gasteiger partial charge in [-0.1, -0.05) is 86.6 Å². The van der Waals surface area contributed by atoms with E-state index < -0.39 is 0 Å². The van der Waals surface area contributed by atoms with E-state index in [0.29, 0.717) is 0 Å². The van der Waals surface area contributed by atoms with Crippen molar-refractivity contribution in [3.8, 4) is 28.6 Å². The Balaban J connectivity index is 1.12. The van der Waals surface area contributed by atoms with E-state index in [1.54, 1.807) is 0 Å². The Hall–Kier alpha value is -6.66. The lowest BCUT2D eigenvalue weighted by Crippen LogP contribution is -2.30. The van der Waals surface area contributed by atoms with Gasteiger partial charge in [-0.25, -0.2) is 9.97 Å². The van der Waals surface area contributed by atoms with Crippen molar-refractivity contribution < 1.29 is 4.74 Å². The third-order valence-corrected chi connectivity index (χ3v) is 10.6. The molecule has 0 saturated carbocycles. The molecule has 3 aromatic heterocycles. The van der Waals surface area contributed by atoms with Crippen molar-refractivity contribution in [2.75, 3.05) is 4.90 Å². The van der Waals surface area contributed by atoms with Gasteiger partial charge >= 0.3 is 0 Å². The lowest BCUT2D eigenvalue weighted by molar-refractivity contribution is 0.482. The Labute approximate surface area is 301 Å². The van der Waals surface area contributed by atoms with E-state index in [1.165, 1.54) is 27.9 Å². The summed E-state index contributed by atoms with van der Waals surface area (Å²) in [7, 11) is 2.05. The molecule has 0 N–H and O–H groups in total. The number of ether oxygens (including phenoxy) is 1. The SMILES string of the molecule is Cn1c(-c2cccc(Oc3cccc(-n4c5ccc6c(c5c5cccnc54)N(c4ccccc4)c4ccccc4C6(C)C)c3)c2)nc2ccccc21. The fourth-order valence-electron chi connectivity index (χ4n) is 8.15. The third kappa shape index (κ3) is 4.50. The lowest BCUT2D eigenvalue weighted by atomic mass is 9.73. The molecule has 0 amide bonds. The van der Waals surface area contributed by atoms with Crippen LogP contribution < -0.4 is 9.64 Å². The molecular weight excluding hydrogens is 639 g/mol. The molecule has 0 radical (unpaired) electrons. The molecule has 1 aliphatic rings. The maximum absolute atomic E-state index is 6.57. The van der Waals surface area contributed by atoms with Gasteiger partial charge in [0.2, 0.25) is 0 Å². The average molecular weight is 674 g/mol. The number of nitrogens with zero attached hydrogens (tertiary/aromatic N) is 5. The third-order valence-electron chi connectivity index (χ3n) is 10.6. The summed E-state index contributed by atoms with van der Waals surface area (Å²) in [6, 6.07) is 52.9. The van der Waals surface area contributed by atoms with Gasteiger partial charge in [-0.2, -0.15) is 0 Å². The van der Waals surface area contributed by atoms with Crippen molar-refractivity contribution in [2.45, 2.75) is 19.3 Å². The highest BCUT2D eigenvalue weighted by atomic mass is 16.5. The second-order valence-electron chi connectivity index (χ2n) is 14.0. The van der Waals surface area contributed by atoms with Gasteiger partial charge < -0.3 is 14.2 Å². The molecule has 52 heavy (non-hydrogen) atoms. The van der Waals surface area contributed by atoms with E-state index in [2.05, 4.69) is 144 Å². The van der Waals surface area contributed by atoms with Crippen LogP contribution in [0.25, 0.3) is 50.0 Å². The molecule has 0 spiro atoms. The number of para-hydroxylation sites is 4. The summed E-state index contributed by atoms with van der Waals surface area (Å²) in [5.41, 5.74) is 11.9. The maximum Gasteiger partial charge on any atom is 0.145 e. The van der Waals surface area contributed by atoms with Gasteiger partial charge in [0, 0.05) is 46.7 Å². The first kappa shape index (κ1) is 30.2. The Morgan fingerprint density at radius 3 is 2.23 bits per heavy atom. The predicted molar refractivity (Wildman–Crippen MR) is 212 cm³/mol. The number of aromatic nitrogens is 4. The molecule has 9 aromatic rings. The number of hydrogen-bond donors (Lipinski definition) is 0. The van der Waals surface area contributed by atoms with Gasteiger partial charge in [-0.15, -0.1) is 0 Å². The summed E-state index contributed by atoms with van der Waals surface area (Å²) in [5.74, 6) is 2.38. The predicted octanol–water partition coefficient (Wildman–Crippen LogP) is 11.6. The van der Waals surface area contributed by atoms with Gasteiger partial charge in [0.15, 0.2) is 0 Å². The van der Waals surface area contributed by atoms with Gasteiger partial charge in [0.1, 0.15) is 23.0 Å². The van der Waals surface area contributed by atoms with Crippen molar-refractivity contribution in [3.63, 3.8) is 0 Å². The van der Waals surface area contributed by atoms with Crippen LogP contribution in [0.2, 0.25) is 0 Å². The minimum Gasteiger partial charge on any atom is -0.457 e. The number of aryl methyl sites for hydroxylation is 1. The fourth-order valence-corrected chi connectivity index (χ4v) is 8.15. The number of imidazole rings is 1. The lowest BCUT2D eigenvalue weighted by Gasteiger charge is -2.42. The van der Waals surface area contributed by atoms with E-state index in [1.807, 2.05) is 48.7 Å². The van der Waals surface area contributed by atoms with Crippen LogP contribution in [0.4, 0.5) is 17.1 Å². The number of anilines is 3. The Morgan fingerprint density at radius 1 is 0.615 bits per heavy atom. The van der Waals surface area contributed by atoms with Crippen molar-refractivity contribution in [3.05, 3.63) is 169 Å². The molecule has 0 fully saturated rings. The summed E-state index contributed by atoms with van der Waals surface area (Å²) in [6.07, 6.45) is 1.88. The van der Waals surface area contributed by atoms with Crippen molar-refractivity contribution in [1.29, 1.82) is 0 Å². The minimum absolute atomic E-state index is 0.216. The summed E-state index contributed by atoms with van der Waals surface area (Å²) in [4.78, 5) is 12.3. The van der Waals surface area contributed by atoms with Gasteiger partial charge in [-0.05, 0) is 83.9 Å². The van der Waals surface area contributed by atoms with E-state index in [4.69, 9.17) is 14.7 Å². The number of rotatable bonds is 5. The fraction of sp³-hybridized carbons (Fsp3) is 0.0870. The topological polar surface area (TPSA) is 48.1 Å². The first-order valence-corrected chi connectivity index (χ1v) is 17.6. The molecule has 10 rings (SSSR count). The highest BCUT2D eigenvalue weighted by Gasteiger charge is 2.38. The zero-order valence-corrected chi connectivity index (χ0v) is 29.2. The van der Waals surface area contributed by atoms with E-state index in [-0.39, 0.29) is 5.41 Å². The van der Waals surface area contributed by atoms with E-state index >= 15 is 0 Å². The summed E-state index contributed by atoms with van der Waals surface area (Å²) < 4.78 is 11.0. The molecule has 0 bridgehead atoms. The van der Waals surface area contributed by atoms with Crippen LogP contribution in [-0.4, -0.2) is 19.1 Å². The highest BCUT2D eigenvalue weighted by molar-refractivity contribution is 6.17. The van der Waals surface area contributed by atoms with Gasteiger partial charge in [0.25, 0.3) is 0 Å². The molecule has 0 saturated heterocycles. The van der Waals surface area contributed by atoms with E-state index in [9.17, 15) is 0 Å². The van der Waals surface area contributed by atoms with Crippen LogP contribution in [-0.2, 0) is 12.5 Å². The number of hydrogen-bond acceptors (Lipinski definition) is 4.